The van der Waals surface area contributed by atoms with Crippen LogP contribution in [-0.4, -0.2) is 108 Å². The number of hydrogen-bond acceptors (Lipinski definition) is 11. The number of halogens is 4. The average Bonchev–Trinajstić information content (AvgIpc) is 3.37. The molecule has 4 fully saturated rings. The van der Waals surface area contributed by atoms with Crippen LogP contribution in [0, 0.1) is 24.7 Å². The lowest BCUT2D eigenvalue weighted by Crippen LogP contribution is -2.49. The number of carbonyl (C=O) groups excluding carboxylic acids is 5. The molecule has 4 aliphatic rings. The summed E-state index contributed by atoms with van der Waals surface area (Å²) in [6.45, 7) is 8.56. The van der Waals surface area contributed by atoms with Gasteiger partial charge in [0, 0.05) is 75.2 Å². The Kier molecular flexibility index (Phi) is 15.4. The van der Waals surface area contributed by atoms with Crippen molar-refractivity contribution >= 4 is 63.7 Å². The Morgan fingerprint density at radius 2 is 1.56 bits per heavy atom. The number of aromatic nitrogens is 2. The van der Waals surface area contributed by atoms with E-state index in [0.717, 1.165) is 17.7 Å². The van der Waals surface area contributed by atoms with Gasteiger partial charge in [-0.05, 0) is 157 Å². The van der Waals surface area contributed by atoms with Gasteiger partial charge >= 0.3 is 18.2 Å². The number of benzene rings is 3. The highest BCUT2D eigenvalue weighted by molar-refractivity contribution is 6.34. The lowest BCUT2D eigenvalue weighted by atomic mass is 9.77. The molecule has 1 aromatic heterocycles. The molecule has 0 spiro atoms. The van der Waals surface area contributed by atoms with Gasteiger partial charge in [0.1, 0.15) is 23.0 Å². The summed E-state index contributed by atoms with van der Waals surface area (Å²) in [7, 11) is 1.59. The van der Waals surface area contributed by atoms with Crippen molar-refractivity contribution in [1.29, 1.82) is 0 Å². The number of aryl methyl sites for hydroxylation is 1. The number of methoxy groups -OCH3 is 1. The fourth-order valence-electron chi connectivity index (χ4n) is 10.2. The van der Waals surface area contributed by atoms with E-state index in [1.807, 2.05) is 17.0 Å². The number of imide groups is 1. The highest BCUT2D eigenvalue weighted by atomic mass is 35.5. The third-order valence-electron chi connectivity index (χ3n) is 14.3. The van der Waals surface area contributed by atoms with Crippen LogP contribution in [0.25, 0.3) is 10.9 Å². The topological polar surface area (TPSA) is 173 Å². The fraction of sp³-hybridized carbons (Fsp3) is 0.537. The zero-order chi connectivity index (χ0) is 54.1. The molecule has 0 radical (unpaired) electrons. The van der Waals surface area contributed by atoms with Gasteiger partial charge in [-0.25, -0.2) is 19.6 Å². The van der Waals surface area contributed by atoms with Crippen LogP contribution in [0.15, 0.2) is 48.5 Å². The number of rotatable bonds is 13. The number of nitrogens with one attached hydrogen (secondary N) is 2. The number of esters is 1. The second kappa shape index (κ2) is 22.2. The molecule has 392 valence electrons. The van der Waals surface area contributed by atoms with E-state index in [1.165, 1.54) is 11.0 Å². The SMILES string of the molecule is [2H]C([2H])(OCC1CCN(C(=O)c2ccc(Cl)c(N3CCC(=O)NC3=O)c2)CC1)C1CCN(C(=O)C2CCC(c3cc4c(N[C@H](C)c5cc(C(=O)OC(C)(C)C)cc(C(F)(F)F)c5)nc(C)nc4cc3OC)CC2)CC1. The molecular formula is C54H65ClF3N7O8. The number of ether oxygens (including phenoxy) is 3. The van der Waals surface area contributed by atoms with Gasteiger partial charge in [0.25, 0.3) is 5.91 Å². The predicted molar refractivity (Wildman–Crippen MR) is 270 cm³/mol. The van der Waals surface area contributed by atoms with E-state index >= 15 is 0 Å². The smallest absolute Gasteiger partial charge is 0.416 e. The molecule has 1 saturated carbocycles. The van der Waals surface area contributed by atoms with Crippen molar-refractivity contribution in [3.05, 3.63) is 87.2 Å². The van der Waals surface area contributed by atoms with Crippen molar-refractivity contribution in [2.24, 2.45) is 17.8 Å². The van der Waals surface area contributed by atoms with Crippen molar-refractivity contribution in [3.63, 3.8) is 0 Å². The van der Waals surface area contributed by atoms with Crippen LogP contribution in [0.5, 0.6) is 5.75 Å². The maximum atomic E-state index is 14.1. The summed E-state index contributed by atoms with van der Waals surface area (Å²) in [6.07, 6.45) is 0.267. The maximum absolute atomic E-state index is 14.1. The minimum absolute atomic E-state index is 0.0320. The zero-order valence-corrected chi connectivity index (χ0v) is 42.9. The Labute approximate surface area is 431 Å². The molecule has 73 heavy (non-hydrogen) atoms. The van der Waals surface area contributed by atoms with E-state index in [4.69, 9.17) is 28.6 Å². The van der Waals surface area contributed by atoms with Gasteiger partial charge in [0.05, 0.1) is 43.2 Å². The van der Waals surface area contributed by atoms with E-state index in [9.17, 15) is 37.1 Å². The van der Waals surface area contributed by atoms with Crippen LogP contribution in [-0.2, 0) is 25.2 Å². The number of urea groups is 1. The number of hydrogen-bond donors (Lipinski definition) is 2. The Bertz CT molecular complexity index is 2830. The molecular weight excluding hydrogens is 967 g/mol. The summed E-state index contributed by atoms with van der Waals surface area (Å²) < 4.78 is 77.4. The monoisotopic (exact) mass is 1030 g/mol. The van der Waals surface area contributed by atoms with Gasteiger partial charge in [-0.2, -0.15) is 13.2 Å². The largest absolute Gasteiger partial charge is 0.496 e. The summed E-state index contributed by atoms with van der Waals surface area (Å²) >= 11 is 6.39. The minimum Gasteiger partial charge on any atom is -0.496 e. The van der Waals surface area contributed by atoms with Gasteiger partial charge in [0.15, 0.2) is 0 Å². The number of fused-ring (bicyclic) bond motifs is 1. The maximum Gasteiger partial charge on any atom is 0.416 e. The summed E-state index contributed by atoms with van der Waals surface area (Å²) in [5.41, 5.74) is 0.313. The Hall–Kier alpha value is -6.01. The standard InChI is InChI=1S/C54H65ClF3N7O8/c1-31(38-23-39(51(69)73-53(3,4)5)25-40(24-38)54(56,57)58)59-48-42-27-41(46(71-6)28-44(42)60-32(2)61-48)35-7-9-36(10-8-35)49(67)63-18-13-33(14-19-63)29-72-30-34-15-20-64(21-16-34)50(68)37-11-12-43(55)45(26-37)65-22-17-47(66)62-52(65)70/h11-12,23-28,31,33-36H,7-10,13-22,29-30H2,1-6H3,(H,59,60,61)(H,62,66,70)/t31-,35?,36?/m1/s1/i29D2. The van der Waals surface area contributed by atoms with Crippen molar-refractivity contribution < 1.29 is 54.1 Å². The second-order valence-electron chi connectivity index (χ2n) is 20.7. The molecule has 3 aromatic carbocycles. The van der Waals surface area contributed by atoms with E-state index < -0.39 is 47.9 Å². The van der Waals surface area contributed by atoms with Crippen LogP contribution in [0.4, 0.5) is 29.5 Å². The third-order valence-corrected chi connectivity index (χ3v) is 14.6. The molecule has 8 rings (SSSR count). The van der Waals surface area contributed by atoms with Gasteiger partial charge in [0.2, 0.25) is 11.8 Å². The number of piperidine rings is 2. The van der Waals surface area contributed by atoms with Crippen LogP contribution in [0.1, 0.15) is 143 Å². The van der Waals surface area contributed by atoms with Gasteiger partial charge < -0.3 is 29.3 Å². The number of anilines is 2. The summed E-state index contributed by atoms with van der Waals surface area (Å²) in [4.78, 5) is 78.8. The molecule has 1 atom stereocenters. The minimum atomic E-state index is -4.71. The quantitative estimate of drug-likeness (QED) is 0.122. The first-order valence-electron chi connectivity index (χ1n) is 26.1. The lowest BCUT2D eigenvalue weighted by Gasteiger charge is -2.37. The van der Waals surface area contributed by atoms with Crippen LogP contribution in [0.2, 0.25) is 5.02 Å². The first-order valence-corrected chi connectivity index (χ1v) is 25.5. The lowest BCUT2D eigenvalue weighted by molar-refractivity contribution is -0.139. The number of carbonyl (C=O) groups is 5. The number of nitrogens with zero attached hydrogens (tertiary/aromatic N) is 5. The second-order valence-corrected chi connectivity index (χ2v) is 21.1. The first-order chi connectivity index (χ1) is 35.4. The summed E-state index contributed by atoms with van der Waals surface area (Å²) in [5, 5.41) is 6.49. The highest BCUT2D eigenvalue weighted by Crippen LogP contribution is 2.43. The zero-order valence-electron chi connectivity index (χ0n) is 44.1. The predicted octanol–water partition coefficient (Wildman–Crippen LogP) is 10.3. The van der Waals surface area contributed by atoms with Crippen LogP contribution >= 0.6 is 11.6 Å². The number of amides is 5. The number of alkyl halides is 3. The molecule has 2 N–H and O–H groups in total. The van der Waals surface area contributed by atoms with Crippen molar-refractivity contribution in [2.75, 3.05) is 63.2 Å². The molecule has 0 bridgehead atoms. The molecule has 4 heterocycles. The molecule has 5 amide bonds. The molecule has 0 unspecified atom stereocenters. The van der Waals surface area contributed by atoms with E-state index in [1.54, 1.807) is 64.8 Å². The molecule has 3 saturated heterocycles. The van der Waals surface area contributed by atoms with E-state index in [-0.39, 0.29) is 71.2 Å². The average molecular weight is 1030 g/mol. The fourth-order valence-corrected chi connectivity index (χ4v) is 10.5. The summed E-state index contributed by atoms with van der Waals surface area (Å²) in [6, 6.07) is 10.4. The Balaban J connectivity index is 0.833. The van der Waals surface area contributed by atoms with Crippen molar-refractivity contribution in [3.8, 4) is 5.75 Å². The molecule has 15 nitrogen and oxygen atoms in total. The van der Waals surface area contributed by atoms with Crippen LogP contribution in [0.3, 0.4) is 0 Å². The van der Waals surface area contributed by atoms with E-state index in [2.05, 4.69) is 20.6 Å². The van der Waals surface area contributed by atoms with Gasteiger partial charge in [-0.15, -0.1) is 0 Å². The van der Waals surface area contributed by atoms with Crippen molar-refractivity contribution in [1.82, 2.24) is 25.1 Å². The van der Waals surface area contributed by atoms with E-state index in [0.29, 0.717) is 117 Å². The molecule has 4 aromatic rings. The Morgan fingerprint density at radius 1 is 0.877 bits per heavy atom. The van der Waals surface area contributed by atoms with Crippen LogP contribution < -0.4 is 20.3 Å². The van der Waals surface area contributed by atoms with Crippen molar-refractivity contribution in [2.45, 2.75) is 116 Å². The normalized spacial score (nSPS) is 20.5. The highest BCUT2D eigenvalue weighted by Gasteiger charge is 2.36. The summed E-state index contributed by atoms with van der Waals surface area (Å²) in [5.74, 6) is -0.425. The molecule has 3 aliphatic heterocycles. The first kappa shape index (κ1) is 50.5. The Morgan fingerprint density at radius 3 is 2.22 bits per heavy atom. The van der Waals surface area contributed by atoms with Gasteiger partial charge in [-0.3, -0.25) is 24.6 Å². The van der Waals surface area contributed by atoms with Gasteiger partial charge in [-0.1, -0.05) is 11.6 Å². The third kappa shape index (κ3) is 12.9. The molecule has 1 aliphatic carbocycles. The molecule has 19 heteroatoms. The number of likely N-dealkylation sites (tertiary alicyclic amines) is 2.